The molecular formula is C11H17N3O. The first-order valence-corrected chi connectivity index (χ1v) is 5.37. The maximum atomic E-state index is 5.77. The number of anilines is 2. The molecule has 82 valence electrons. The number of nitrogen functional groups attached to an aromatic ring is 1. The molecule has 4 nitrogen and oxygen atoms in total. The maximum absolute atomic E-state index is 5.77. The minimum absolute atomic E-state index is 0.708. The molecule has 1 aromatic rings. The van der Waals surface area contributed by atoms with Gasteiger partial charge in [0.25, 0.3) is 0 Å². The first kappa shape index (κ1) is 10.2. The molecule has 0 spiro atoms. The molecular weight excluding hydrogens is 190 g/mol. The third-order valence-electron chi connectivity index (χ3n) is 2.74. The monoisotopic (exact) mass is 207 g/mol. The molecule has 1 saturated heterocycles. The number of nitrogens with zero attached hydrogens (tertiary/aromatic N) is 1. The zero-order chi connectivity index (χ0) is 10.5. The van der Waals surface area contributed by atoms with E-state index in [2.05, 4.69) is 10.3 Å². The highest BCUT2D eigenvalue weighted by atomic mass is 16.5. The Morgan fingerprint density at radius 1 is 1.60 bits per heavy atom. The van der Waals surface area contributed by atoms with Crippen LogP contribution in [0.25, 0.3) is 0 Å². The van der Waals surface area contributed by atoms with Crippen molar-refractivity contribution in [2.75, 3.05) is 30.8 Å². The summed E-state index contributed by atoms with van der Waals surface area (Å²) in [7, 11) is 0. The third-order valence-corrected chi connectivity index (χ3v) is 2.74. The molecule has 0 aromatic carbocycles. The number of ether oxygens (including phenoxy) is 1. The molecule has 0 bridgehead atoms. The molecule has 0 saturated carbocycles. The summed E-state index contributed by atoms with van der Waals surface area (Å²) in [6.07, 6.45) is 5.74. The van der Waals surface area contributed by atoms with Gasteiger partial charge in [0.15, 0.2) is 0 Å². The quantitative estimate of drug-likeness (QED) is 0.785. The summed E-state index contributed by atoms with van der Waals surface area (Å²) in [6, 6.07) is 1.90. The van der Waals surface area contributed by atoms with Gasteiger partial charge >= 0.3 is 0 Å². The molecule has 0 aliphatic carbocycles. The number of hydrogen-bond acceptors (Lipinski definition) is 4. The second kappa shape index (κ2) is 4.98. The van der Waals surface area contributed by atoms with Gasteiger partial charge in [-0.2, -0.15) is 0 Å². The Kier molecular flexibility index (Phi) is 3.40. The van der Waals surface area contributed by atoms with E-state index in [0.29, 0.717) is 11.6 Å². The lowest BCUT2D eigenvalue weighted by Gasteiger charge is -2.10. The fourth-order valence-electron chi connectivity index (χ4n) is 1.79. The van der Waals surface area contributed by atoms with Crippen LogP contribution < -0.4 is 11.1 Å². The molecule has 15 heavy (non-hydrogen) atoms. The van der Waals surface area contributed by atoms with Gasteiger partial charge in [0.1, 0.15) is 0 Å². The molecule has 1 fully saturated rings. The van der Waals surface area contributed by atoms with Crippen LogP contribution in [0.1, 0.15) is 12.8 Å². The third kappa shape index (κ3) is 2.83. The van der Waals surface area contributed by atoms with Gasteiger partial charge in [0.2, 0.25) is 0 Å². The summed E-state index contributed by atoms with van der Waals surface area (Å²) in [5.41, 5.74) is 7.45. The van der Waals surface area contributed by atoms with Crippen LogP contribution in [0.4, 0.5) is 11.4 Å². The minimum Gasteiger partial charge on any atom is -0.396 e. The van der Waals surface area contributed by atoms with Crippen LogP contribution in [-0.4, -0.2) is 24.7 Å². The van der Waals surface area contributed by atoms with Crippen molar-refractivity contribution in [3.8, 4) is 0 Å². The van der Waals surface area contributed by atoms with Gasteiger partial charge in [-0.3, -0.25) is 4.98 Å². The van der Waals surface area contributed by atoms with E-state index in [1.807, 2.05) is 6.07 Å². The summed E-state index contributed by atoms with van der Waals surface area (Å²) in [4.78, 5) is 3.95. The number of nitrogens with one attached hydrogen (secondary N) is 1. The highest BCUT2D eigenvalue weighted by Crippen LogP contribution is 2.18. The lowest BCUT2D eigenvalue weighted by atomic mass is 10.1. The van der Waals surface area contributed by atoms with E-state index in [-0.39, 0.29) is 0 Å². The standard InChI is InChI=1S/C11H17N3O/c12-10-7-13-4-2-11(10)14-5-1-9-3-6-15-8-9/h2,4,7,9H,1,3,5-6,8,12H2,(H,13,14). The number of rotatable bonds is 4. The van der Waals surface area contributed by atoms with Gasteiger partial charge < -0.3 is 15.8 Å². The van der Waals surface area contributed by atoms with E-state index in [9.17, 15) is 0 Å². The Balaban J connectivity index is 1.75. The first-order chi connectivity index (χ1) is 7.36. The second-order valence-corrected chi connectivity index (χ2v) is 3.91. The lowest BCUT2D eigenvalue weighted by Crippen LogP contribution is -2.10. The van der Waals surface area contributed by atoms with E-state index in [1.165, 1.54) is 6.42 Å². The number of nitrogens with two attached hydrogens (primary N) is 1. The van der Waals surface area contributed by atoms with Crippen molar-refractivity contribution in [3.05, 3.63) is 18.5 Å². The van der Waals surface area contributed by atoms with Crippen LogP contribution >= 0.6 is 0 Å². The number of hydrogen-bond donors (Lipinski definition) is 2. The fraction of sp³-hybridized carbons (Fsp3) is 0.545. The van der Waals surface area contributed by atoms with E-state index in [4.69, 9.17) is 10.5 Å². The van der Waals surface area contributed by atoms with E-state index >= 15 is 0 Å². The van der Waals surface area contributed by atoms with Crippen molar-refractivity contribution in [1.29, 1.82) is 0 Å². The molecule has 1 aromatic heterocycles. The van der Waals surface area contributed by atoms with E-state index in [1.54, 1.807) is 12.4 Å². The predicted octanol–water partition coefficient (Wildman–Crippen LogP) is 1.50. The molecule has 0 radical (unpaired) electrons. The maximum Gasteiger partial charge on any atom is 0.0736 e. The normalized spacial score (nSPS) is 20.4. The highest BCUT2D eigenvalue weighted by Gasteiger charge is 2.14. The Bertz CT molecular complexity index is 310. The summed E-state index contributed by atoms with van der Waals surface area (Å²) in [5, 5.41) is 3.32. The van der Waals surface area contributed by atoms with Crippen molar-refractivity contribution >= 4 is 11.4 Å². The summed E-state index contributed by atoms with van der Waals surface area (Å²) in [6.45, 7) is 2.78. The molecule has 1 unspecified atom stereocenters. The van der Waals surface area contributed by atoms with Crippen molar-refractivity contribution < 1.29 is 4.74 Å². The molecule has 2 rings (SSSR count). The minimum atomic E-state index is 0.708. The van der Waals surface area contributed by atoms with Crippen LogP contribution in [0.5, 0.6) is 0 Å². The Hall–Kier alpha value is -1.29. The van der Waals surface area contributed by atoms with Gasteiger partial charge in [-0.05, 0) is 24.8 Å². The van der Waals surface area contributed by atoms with Gasteiger partial charge in [0, 0.05) is 26.0 Å². The fourth-order valence-corrected chi connectivity index (χ4v) is 1.79. The SMILES string of the molecule is Nc1cnccc1NCCC1CCOC1. The lowest BCUT2D eigenvalue weighted by molar-refractivity contribution is 0.185. The zero-order valence-corrected chi connectivity index (χ0v) is 8.78. The zero-order valence-electron chi connectivity index (χ0n) is 8.78. The smallest absolute Gasteiger partial charge is 0.0736 e. The molecule has 3 N–H and O–H groups in total. The molecule has 2 heterocycles. The van der Waals surface area contributed by atoms with Gasteiger partial charge in [0.05, 0.1) is 17.6 Å². The second-order valence-electron chi connectivity index (χ2n) is 3.91. The van der Waals surface area contributed by atoms with Crippen molar-refractivity contribution in [3.63, 3.8) is 0 Å². The van der Waals surface area contributed by atoms with E-state index in [0.717, 1.165) is 31.9 Å². The molecule has 4 heteroatoms. The Labute approximate surface area is 89.8 Å². The van der Waals surface area contributed by atoms with Gasteiger partial charge in [-0.25, -0.2) is 0 Å². The van der Waals surface area contributed by atoms with Crippen LogP contribution in [0.3, 0.4) is 0 Å². The Morgan fingerprint density at radius 2 is 2.53 bits per heavy atom. The van der Waals surface area contributed by atoms with Crippen molar-refractivity contribution in [2.45, 2.75) is 12.8 Å². The first-order valence-electron chi connectivity index (χ1n) is 5.37. The van der Waals surface area contributed by atoms with Gasteiger partial charge in [-0.1, -0.05) is 0 Å². The largest absolute Gasteiger partial charge is 0.396 e. The summed E-state index contributed by atoms with van der Waals surface area (Å²) >= 11 is 0. The summed E-state index contributed by atoms with van der Waals surface area (Å²) < 4.78 is 5.32. The van der Waals surface area contributed by atoms with Crippen LogP contribution in [-0.2, 0) is 4.74 Å². The molecule has 1 aliphatic heterocycles. The average Bonchev–Trinajstić information content (AvgIpc) is 2.74. The van der Waals surface area contributed by atoms with Crippen molar-refractivity contribution in [2.24, 2.45) is 5.92 Å². The van der Waals surface area contributed by atoms with Crippen LogP contribution in [0.2, 0.25) is 0 Å². The Morgan fingerprint density at radius 3 is 3.27 bits per heavy atom. The molecule has 1 aliphatic rings. The van der Waals surface area contributed by atoms with Gasteiger partial charge in [-0.15, -0.1) is 0 Å². The van der Waals surface area contributed by atoms with E-state index < -0.39 is 0 Å². The average molecular weight is 207 g/mol. The molecule has 0 amide bonds. The van der Waals surface area contributed by atoms with Crippen LogP contribution in [0, 0.1) is 5.92 Å². The molecule has 1 atom stereocenters. The predicted molar refractivity (Wildman–Crippen MR) is 60.7 cm³/mol. The summed E-state index contributed by atoms with van der Waals surface area (Å²) in [5.74, 6) is 0.709. The number of aromatic nitrogens is 1. The highest BCUT2D eigenvalue weighted by molar-refractivity contribution is 5.64. The van der Waals surface area contributed by atoms with Crippen LogP contribution in [0.15, 0.2) is 18.5 Å². The number of pyridine rings is 1. The topological polar surface area (TPSA) is 60.2 Å². The van der Waals surface area contributed by atoms with Crippen molar-refractivity contribution in [1.82, 2.24) is 4.98 Å².